The lowest BCUT2D eigenvalue weighted by atomic mass is 10.1. The minimum Gasteiger partial charge on any atom is -0.496 e. The van der Waals surface area contributed by atoms with Crippen molar-refractivity contribution in [3.8, 4) is 22.6 Å². The van der Waals surface area contributed by atoms with Gasteiger partial charge in [0, 0.05) is 11.6 Å². The van der Waals surface area contributed by atoms with Crippen LogP contribution in [0.2, 0.25) is 0 Å². The summed E-state index contributed by atoms with van der Waals surface area (Å²) in [4.78, 5) is 23.4. The van der Waals surface area contributed by atoms with Crippen LogP contribution in [-0.4, -0.2) is 37.5 Å². The first-order valence-corrected chi connectivity index (χ1v) is 11.7. The summed E-state index contributed by atoms with van der Waals surface area (Å²) in [6, 6.07) is 23.6. The molecule has 36 heavy (non-hydrogen) atoms. The molecular weight excluding hydrogens is 478 g/mol. The van der Waals surface area contributed by atoms with Crippen molar-refractivity contribution in [1.29, 1.82) is 0 Å². The lowest BCUT2D eigenvalue weighted by Gasteiger charge is -2.11. The molecule has 0 spiro atoms. The zero-order valence-electron chi connectivity index (χ0n) is 19.6. The van der Waals surface area contributed by atoms with Gasteiger partial charge in [-0.25, -0.2) is 4.79 Å². The number of hydrogen-bond acceptors (Lipinski definition) is 8. The van der Waals surface area contributed by atoms with Crippen molar-refractivity contribution in [2.75, 3.05) is 14.2 Å². The molecule has 1 saturated heterocycles. The van der Waals surface area contributed by atoms with E-state index in [1.807, 2.05) is 60.7 Å². The average Bonchev–Trinajstić information content (AvgIpc) is 3.26. The lowest BCUT2D eigenvalue weighted by molar-refractivity contribution is -0.135. The highest BCUT2D eigenvalue weighted by Crippen LogP contribution is 2.26. The number of methoxy groups -OCH3 is 2. The van der Waals surface area contributed by atoms with Gasteiger partial charge in [-0.1, -0.05) is 42.5 Å². The highest BCUT2D eigenvalue weighted by atomic mass is 32.2. The molecule has 3 aromatic rings. The highest BCUT2D eigenvalue weighted by molar-refractivity contribution is 8.18. The Morgan fingerprint density at radius 3 is 2.47 bits per heavy atom. The minimum absolute atomic E-state index is 0.191. The second-order valence-corrected chi connectivity index (χ2v) is 8.52. The first kappa shape index (κ1) is 24.7. The van der Waals surface area contributed by atoms with Crippen LogP contribution in [-0.2, 0) is 20.9 Å². The third-order valence-electron chi connectivity index (χ3n) is 5.12. The van der Waals surface area contributed by atoms with Crippen molar-refractivity contribution >= 4 is 35.0 Å². The van der Waals surface area contributed by atoms with Crippen molar-refractivity contribution in [2.24, 2.45) is 10.2 Å². The largest absolute Gasteiger partial charge is 0.496 e. The van der Waals surface area contributed by atoms with Crippen LogP contribution >= 0.6 is 11.8 Å². The summed E-state index contributed by atoms with van der Waals surface area (Å²) in [5.74, 6) is 0.389. The number of esters is 1. The van der Waals surface area contributed by atoms with Crippen LogP contribution < -0.4 is 14.8 Å². The monoisotopic (exact) mass is 501 g/mol. The summed E-state index contributed by atoms with van der Waals surface area (Å²) in [6.07, 6.45) is 2.66. The SMILES string of the molecule is COC(=O)/C=C1/S/C(=N\N=Cc2ccc(OC)c(COc3ccc(-c4ccccc4)cc3)c2)NC1=O. The maximum Gasteiger partial charge on any atom is 0.331 e. The molecule has 1 aliphatic heterocycles. The maximum atomic E-state index is 11.9. The molecule has 1 amide bonds. The fraction of sp³-hybridized carbons (Fsp3) is 0.111. The first-order valence-electron chi connectivity index (χ1n) is 10.9. The van der Waals surface area contributed by atoms with Gasteiger partial charge in [-0.05, 0) is 58.8 Å². The topological polar surface area (TPSA) is 98.6 Å². The molecular formula is C27H23N3O5S. The smallest absolute Gasteiger partial charge is 0.331 e. The zero-order valence-corrected chi connectivity index (χ0v) is 20.5. The number of carbonyl (C=O) groups is 2. The molecule has 0 radical (unpaired) electrons. The molecule has 8 nitrogen and oxygen atoms in total. The van der Waals surface area contributed by atoms with Gasteiger partial charge in [-0.2, -0.15) is 5.10 Å². The Morgan fingerprint density at radius 1 is 1.00 bits per heavy atom. The predicted molar refractivity (Wildman–Crippen MR) is 140 cm³/mol. The Balaban J connectivity index is 1.41. The Kier molecular flexibility index (Phi) is 8.15. The summed E-state index contributed by atoms with van der Waals surface area (Å²) in [7, 11) is 2.85. The third kappa shape index (κ3) is 6.39. The number of ether oxygens (including phenoxy) is 3. The number of hydrogen-bond donors (Lipinski definition) is 1. The van der Waals surface area contributed by atoms with E-state index in [0.717, 1.165) is 45.8 Å². The molecule has 1 N–H and O–H groups in total. The Morgan fingerprint density at radius 2 is 1.75 bits per heavy atom. The van der Waals surface area contributed by atoms with Gasteiger partial charge in [-0.3, -0.25) is 10.1 Å². The van der Waals surface area contributed by atoms with Crippen molar-refractivity contribution in [2.45, 2.75) is 6.61 Å². The number of nitrogens with zero attached hydrogens (tertiary/aromatic N) is 2. The number of thioether (sulfide) groups is 1. The van der Waals surface area contributed by atoms with E-state index >= 15 is 0 Å². The van der Waals surface area contributed by atoms with Crippen LogP contribution in [0.15, 0.2) is 94.0 Å². The van der Waals surface area contributed by atoms with Crippen LogP contribution in [0.5, 0.6) is 11.5 Å². The molecule has 1 aliphatic rings. The molecule has 0 atom stereocenters. The second-order valence-electron chi connectivity index (χ2n) is 7.49. The van der Waals surface area contributed by atoms with Gasteiger partial charge in [0.2, 0.25) is 0 Å². The van der Waals surface area contributed by atoms with Crippen molar-refractivity contribution in [3.05, 3.63) is 94.9 Å². The van der Waals surface area contributed by atoms with E-state index in [2.05, 4.69) is 32.4 Å². The van der Waals surface area contributed by atoms with Crippen LogP contribution in [0.3, 0.4) is 0 Å². The van der Waals surface area contributed by atoms with Crippen LogP contribution in [0, 0.1) is 0 Å². The predicted octanol–water partition coefficient (Wildman–Crippen LogP) is 4.55. The van der Waals surface area contributed by atoms with E-state index in [4.69, 9.17) is 9.47 Å². The van der Waals surface area contributed by atoms with E-state index in [1.54, 1.807) is 13.3 Å². The number of carbonyl (C=O) groups excluding carboxylic acids is 2. The van der Waals surface area contributed by atoms with Gasteiger partial charge in [0.25, 0.3) is 5.91 Å². The van der Waals surface area contributed by atoms with Gasteiger partial charge in [0.05, 0.1) is 25.3 Å². The fourth-order valence-corrected chi connectivity index (χ4v) is 4.05. The van der Waals surface area contributed by atoms with Crippen LogP contribution in [0.1, 0.15) is 11.1 Å². The lowest BCUT2D eigenvalue weighted by Crippen LogP contribution is -2.19. The third-order valence-corrected chi connectivity index (χ3v) is 6.02. The molecule has 0 aliphatic carbocycles. The first-order chi connectivity index (χ1) is 17.6. The van der Waals surface area contributed by atoms with Gasteiger partial charge in [-0.15, -0.1) is 5.10 Å². The number of amidine groups is 1. The number of nitrogens with one attached hydrogen (secondary N) is 1. The fourth-order valence-electron chi connectivity index (χ4n) is 3.32. The maximum absolute atomic E-state index is 11.9. The Hall–Kier alpha value is -4.37. The molecule has 0 unspecified atom stereocenters. The van der Waals surface area contributed by atoms with E-state index in [9.17, 15) is 9.59 Å². The van der Waals surface area contributed by atoms with Crippen molar-refractivity contribution in [1.82, 2.24) is 5.32 Å². The summed E-state index contributed by atoms with van der Waals surface area (Å²) >= 11 is 1.01. The highest BCUT2D eigenvalue weighted by Gasteiger charge is 2.25. The molecule has 0 bridgehead atoms. The molecule has 0 aromatic heterocycles. The summed E-state index contributed by atoms with van der Waals surface area (Å²) in [5, 5.41) is 10.9. The van der Waals surface area contributed by atoms with Gasteiger partial charge >= 0.3 is 5.97 Å². The average molecular weight is 502 g/mol. The number of benzene rings is 3. The summed E-state index contributed by atoms with van der Waals surface area (Å²) < 4.78 is 16.0. The summed E-state index contributed by atoms with van der Waals surface area (Å²) in [6.45, 7) is 0.303. The van der Waals surface area contributed by atoms with Crippen molar-refractivity contribution < 1.29 is 23.8 Å². The molecule has 4 rings (SSSR count). The summed E-state index contributed by atoms with van der Waals surface area (Å²) in [5.41, 5.74) is 3.88. The quantitative estimate of drug-likeness (QED) is 0.210. The van der Waals surface area contributed by atoms with Crippen LogP contribution in [0.25, 0.3) is 11.1 Å². The molecule has 9 heteroatoms. The number of rotatable bonds is 8. The second kappa shape index (κ2) is 11.9. The van der Waals surface area contributed by atoms with Gasteiger partial charge in [0.15, 0.2) is 5.17 Å². The molecule has 1 fully saturated rings. The Labute approximate surface area is 212 Å². The van der Waals surface area contributed by atoms with Gasteiger partial charge in [0.1, 0.15) is 18.1 Å². The molecule has 3 aromatic carbocycles. The van der Waals surface area contributed by atoms with E-state index < -0.39 is 11.9 Å². The molecule has 182 valence electrons. The zero-order chi connectivity index (χ0) is 25.3. The van der Waals surface area contributed by atoms with Crippen LogP contribution in [0.4, 0.5) is 0 Å². The standard InChI is InChI=1S/C27H23N3O5S/c1-33-23-13-8-18(16-28-30-27-29-26(32)24(36-27)15-25(31)34-2)14-21(23)17-35-22-11-9-20(10-12-22)19-6-4-3-5-7-19/h3-16H,17H2,1-2H3,(H,29,30,32)/b24-15+,28-16?. The van der Waals surface area contributed by atoms with Crippen molar-refractivity contribution in [3.63, 3.8) is 0 Å². The normalized spacial score (nSPS) is 15.3. The van der Waals surface area contributed by atoms with E-state index in [0.29, 0.717) is 12.4 Å². The number of amides is 1. The van der Waals surface area contributed by atoms with Gasteiger partial charge < -0.3 is 14.2 Å². The van der Waals surface area contributed by atoms with E-state index in [1.165, 1.54) is 7.11 Å². The molecule has 1 heterocycles. The molecule has 0 saturated carbocycles. The van der Waals surface area contributed by atoms with E-state index in [-0.39, 0.29) is 10.1 Å². The minimum atomic E-state index is -0.613. The Bertz CT molecular complexity index is 1340.